The maximum atomic E-state index is 12.6. The number of carbonyl (C=O) groups excluding carboxylic acids is 2. The number of hydrogen-bond donors (Lipinski definition) is 0. The fraction of sp³-hybridized carbons (Fsp3) is 0.158. The molecule has 1 aliphatic rings. The number of Topliss-reactive ketones (excluding diaryl/α,β-unsaturated/α-hetero) is 1. The molecular formula is C19H15ClO5. The number of ketones is 1. The molecule has 0 bridgehead atoms. The van der Waals surface area contributed by atoms with E-state index in [4.69, 9.17) is 25.8 Å². The van der Waals surface area contributed by atoms with Gasteiger partial charge < -0.3 is 14.2 Å². The van der Waals surface area contributed by atoms with Gasteiger partial charge >= 0.3 is 5.97 Å². The van der Waals surface area contributed by atoms with E-state index in [0.717, 1.165) is 5.56 Å². The van der Waals surface area contributed by atoms with Gasteiger partial charge in [0, 0.05) is 18.2 Å². The minimum atomic E-state index is -0.527. The second-order valence-corrected chi connectivity index (χ2v) is 5.95. The third kappa shape index (κ3) is 3.73. The highest BCUT2D eigenvalue weighted by Crippen LogP contribution is 2.37. The number of fused-ring (bicyclic) bond motifs is 1. The summed E-state index contributed by atoms with van der Waals surface area (Å²) in [6, 6.07) is 10.2. The summed E-state index contributed by atoms with van der Waals surface area (Å²) in [6.07, 6.45) is 1.63. The molecule has 2 aromatic carbocycles. The Bertz CT molecular complexity index is 885. The Kier molecular flexibility index (Phi) is 4.88. The molecule has 0 saturated heterocycles. The van der Waals surface area contributed by atoms with Gasteiger partial charge in [0.2, 0.25) is 5.78 Å². The summed E-state index contributed by atoms with van der Waals surface area (Å²) >= 11 is 5.96. The van der Waals surface area contributed by atoms with Crippen LogP contribution in [0.1, 0.15) is 21.5 Å². The number of hydrogen-bond acceptors (Lipinski definition) is 5. The summed E-state index contributed by atoms with van der Waals surface area (Å²) in [7, 11) is 1.41. The Morgan fingerprint density at radius 3 is 2.80 bits per heavy atom. The van der Waals surface area contributed by atoms with Crippen LogP contribution in [0.2, 0.25) is 5.02 Å². The molecule has 0 amide bonds. The summed E-state index contributed by atoms with van der Waals surface area (Å²) in [4.78, 5) is 24.1. The average Bonchev–Trinajstić information content (AvgIpc) is 2.84. The van der Waals surface area contributed by atoms with E-state index in [2.05, 4.69) is 0 Å². The molecule has 0 N–H and O–H groups in total. The first kappa shape index (κ1) is 17.2. The fourth-order valence-electron chi connectivity index (χ4n) is 2.56. The Balaban J connectivity index is 1.90. The van der Waals surface area contributed by atoms with Crippen LogP contribution in [0.3, 0.4) is 0 Å². The standard InChI is InChI=1S/C19H15ClO5/c1-11-6-14(24-17(21)10-23-2)9-15-18(11)19(22)16(25-15)8-12-4-3-5-13(20)7-12/h3-9H,10H2,1-2H3/b16-8-. The number of methoxy groups -OCH3 is 1. The molecule has 128 valence electrons. The molecule has 0 aliphatic carbocycles. The Hall–Kier alpha value is -2.63. The number of benzene rings is 2. The second kappa shape index (κ2) is 7.09. The van der Waals surface area contributed by atoms with Crippen molar-refractivity contribution >= 4 is 29.4 Å². The first-order chi connectivity index (χ1) is 12.0. The largest absolute Gasteiger partial charge is 0.452 e. The summed E-state index contributed by atoms with van der Waals surface area (Å²) in [5, 5.41) is 0.570. The van der Waals surface area contributed by atoms with E-state index in [-0.39, 0.29) is 18.1 Å². The van der Waals surface area contributed by atoms with E-state index < -0.39 is 5.97 Å². The predicted molar refractivity (Wildman–Crippen MR) is 93.1 cm³/mol. The molecule has 5 nitrogen and oxygen atoms in total. The Morgan fingerprint density at radius 1 is 1.28 bits per heavy atom. The number of rotatable bonds is 4. The van der Waals surface area contributed by atoms with E-state index in [1.165, 1.54) is 13.2 Å². The van der Waals surface area contributed by atoms with Crippen LogP contribution in [-0.4, -0.2) is 25.5 Å². The maximum absolute atomic E-state index is 12.6. The number of ether oxygens (including phenoxy) is 3. The molecule has 0 spiro atoms. The van der Waals surface area contributed by atoms with Gasteiger partial charge in [0.1, 0.15) is 18.1 Å². The lowest BCUT2D eigenvalue weighted by molar-refractivity contribution is -0.138. The van der Waals surface area contributed by atoms with Gasteiger partial charge in [-0.15, -0.1) is 0 Å². The van der Waals surface area contributed by atoms with Crippen molar-refractivity contribution < 1.29 is 23.8 Å². The number of halogens is 1. The van der Waals surface area contributed by atoms with Gasteiger partial charge in [-0.05, 0) is 42.3 Å². The van der Waals surface area contributed by atoms with E-state index in [9.17, 15) is 9.59 Å². The lowest BCUT2D eigenvalue weighted by Crippen LogP contribution is -2.14. The summed E-state index contributed by atoms with van der Waals surface area (Å²) in [6.45, 7) is 1.60. The number of esters is 1. The zero-order chi connectivity index (χ0) is 18.0. The first-order valence-corrected chi connectivity index (χ1v) is 7.90. The van der Waals surface area contributed by atoms with Crippen molar-refractivity contribution in [2.45, 2.75) is 6.92 Å². The molecule has 0 unspecified atom stereocenters. The third-order valence-electron chi connectivity index (χ3n) is 3.58. The number of allylic oxidation sites excluding steroid dienone is 1. The van der Waals surface area contributed by atoms with Gasteiger partial charge in [0.15, 0.2) is 5.76 Å². The molecule has 3 rings (SSSR count). The quantitative estimate of drug-likeness (QED) is 0.472. The highest BCUT2D eigenvalue weighted by Gasteiger charge is 2.30. The predicted octanol–water partition coefficient (Wildman–Crippen LogP) is 3.82. The lowest BCUT2D eigenvalue weighted by Gasteiger charge is -2.07. The molecule has 6 heteroatoms. The van der Waals surface area contributed by atoms with Crippen LogP contribution in [-0.2, 0) is 9.53 Å². The number of aryl methyl sites for hydroxylation is 1. The van der Waals surface area contributed by atoms with Crippen LogP contribution in [0, 0.1) is 6.92 Å². The zero-order valence-electron chi connectivity index (χ0n) is 13.7. The van der Waals surface area contributed by atoms with Crippen molar-refractivity contribution in [3.05, 3.63) is 63.9 Å². The topological polar surface area (TPSA) is 61.8 Å². The molecule has 0 atom stereocenters. The minimum Gasteiger partial charge on any atom is -0.452 e. The van der Waals surface area contributed by atoms with Crippen LogP contribution in [0.4, 0.5) is 0 Å². The van der Waals surface area contributed by atoms with Gasteiger partial charge in [-0.1, -0.05) is 23.7 Å². The highest BCUT2D eigenvalue weighted by molar-refractivity contribution is 6.30. The van der Waals surface area contributed by atoms with Crippen molar-refractivity contribution in [1.82, 2.24) is 0 Å². The van der Waals surface area contributed by atoms with E-state index >= 15 is 0 Å². The SMILES string of the molecule is COCC(=O)Oc1cc(C)c2c(c1)O/C(=C\c1cccc(Cl)c1)C2=O. The molecule has 2 aromatic rings. The Labute approximate surface area is 149 Å². The molecule has 0 aromatic heterocycles. The monoisotopic (exact) mass is 358 g/mol. The summed E-state index contributed by atoms with van der Waals surface area (Å²) < 4.78 is 15.6. The van der Waals surface area contributed by atoms with Gasteiger partial charge in [-0.2, -0.15) is 0 Å². The van der Waals surface area contributed by atoms with Crippen LogP contribution >= 0.6 is 11.6 Å². The minimum absolute atomic E-state index is 0.157. The summed E-state index contributed by atoms with van der Waals surface area (Å²) in [5.74, 6) is 0.109. The van der Waals surface area contributed by atoms with Crippen LogP contribution in [0.5, 0.6) is 11.5 Å². The van der Waals surface area contributed by atoms with Crippen molar-refractivity contribution in [2.24, 2.45) is 0 Å². The van der Waals surface area contributed by atoms with Crippen LogP contribution in [0.15, 0.2) is 42.2 Å². The average molecular weight is 359 g/mol. The van der Waals surface area contributed by atoms with Crippen molar-refractivity contribution in [3.63, 3.8) is 0 Å². The van der Waals surface area contributed by atoms with E-state index in [1.807, 2.05) is 6.07 Å². The molecule has 0 saturated carbocycles. The second-order valence-electron chi connectivity index (χ2n) is 5.52. The van der Waals surface area contributed by atoms with Crippen LogP contribution in [0.25, 0.3) is 6.08 Å². The summed E-state index contributed by atoms with van der Waals surface area (Å²) in [5.41, 5.74) is 1.88. The zero-order valence-corrected chi connectivity index (χ0v) is 14.4. The maximum Gasteiger partial charge on any atom is 0.337 e. The fourth-order valence-corrected chi connectivity index (χ4v) is 2.76. The van der Waals surface area contributed by atoms with E-state index in [0.29, 0.717) is 27.6 Å². The van der Waals surface area contributed by atoms with Crippen LogP contribution < -0.4 is 9.47 Å². The molecule has 0 fully saturated rings. The molecule has 1 heterocycles. The van der Waals surface area contributed by atoms with E-state index in [1.54, 1.807) is 37.3 Å². The molecule has 0 radical (unpaired) electrons. The third-order valence-corrected chi connectivity index (χ3v) is 3.82. The van der Waals surface area contributed by atoms with Crippen molar-refractivity contribution in [3.8, 4) is 11.5 Å². The highest BCUT2D eigenvalue weighted by atomic mass is 35.5. The molecule has 1 aliphatic heterocycles. The Morgan fingerprint density at radius 2 is 2.08 bits per heavy atom. The lowest BCUT2D eigenvalue weighted by atomic mass is 10.0. The first-order valence-electron chi connectivity index (χ1n) is 7.52. The van der Waals surface area contributed by atoms with Gasteiger partial charge in [-0.3, -0.25) is 4.79 Å². The van der Waals surface area contributed by atoms with Crippen molar-refractivity contribution in [1.29, 1.82) is 0 Å². The number of carbonyl (C=O) groups is 2. The molecule has 25 heavy (non-hydrogen) atoms. The normalized spacial score (nSPS) is 14.4. The van der Waals surface area contributed by atoms with Gasteiger partial charge in [0.05, 0.1) is 5.56 Å². The van der Waals surface area contributed by atoms with Crippen molar-refractivity contribution in [2.75, 3.05) is 13.7 Å². The smallest absolute Gasteiger partial charge is 0.337 e. The van der Waals surface area contributed by atoms with Gasteiger partial charge in [-0.25, -0.2) is 4.79 Å². The van der Waals surface area contributed by atoms with Gasteiger partial charge in [0.25, 0.3) is 0 Å². The molecular weight excluding hydrogens is 344 g/mol.